The van der Waals surface area contributed by atoms with Crippen LogP contribution in [0.25, 0.3) is 10.9 Å². The monoisotopic (exact) mass is 408 g/mol. The van der Waals surface area contributed by atoms with E-state index in [4.69, 9.17) is 5.26 Å². The molecule has 1 unspecified atom stereocenters. The van der Waals surface area contributed by atoms with Gasteiger partial charge < -0.3 is 15.0 Å². The molecule has 2 atom stereocenters. The molecule has 2 saturated heterocycles. The molecule has 4 rings (SSSR count). The van der Waals surface area contributed by atoms with Crippen molar-refractivity contribution in [1.82, 2.24) is 14.8 Å². The van der Waals surface area contributed by atoms with E-state index in [-0.39, 0.29) is 11.9 Å². The van der Waals surface area contributed by atoms with Crippen LogP contribution in [0.4, 0.5) is 4.79 Å². The molecule has 2 aliphatic rings. The van der Waals surface area contributed by atoms with Crippen LogP contribution < -0.4 is 0 Å². The standard InChI is InChI=1S/C23H28N4O3/c1-2-17-18-9-7-15(14-24)13-20(18)25-19(17)10-8-16-5-3-11-26(16)22(28)21-6-4-12-27(21)23(29)30/h7,9,13,16,21,25H,2-6,8,10-12H2,1H3,(H,29,30)/t16-,21?/m0/s1. The maximum absolute atomic E-state index is 13.1. The third-order valence-electron chi connectivity index (χ3n) is 6.65. The summed E-state index contributed by atoms with van der Waals surface area (Å²) >= 11 is 0. The minimum atomic E-state index is -0.996. The minimum Gasteiger partial charge on any atom is -0.465 e. The quantitative estimate of drug-likeness (QED) is 0.788. The van der Waals surface area contributed by atoms with Crippen molar-refractivity contribution in [2.45, 2.75) is 64.0 Å². The summed E-state index contributed by atoms with van der Waals surface area (Å²) in [4.78, 5) is 31.3. The predicted molar refractivity (Wildman–Crippen MR) is 113 cm³/mol. The van der Waals surface area contributed by atoms with E-state index in [9.17, 15) is 14.7 Å². The minimum absolute atomic E-state index is 0.0246. The van der Waals surface area contributed by atoms with Gasteiger partial charge >= 0.3 is 6.09 Å². The number of carbonyl (C=O) groups is 2. The van der Waals surface area contributed by atoms with Gasteiger partial charge in [-0.25, -0.2) is 4.79 Å². The van der Waals surface area contributed by atoms with E-state index in [1.165, 1.54) is 16.2 Å². The largest absolute Gasteiger partial charge is 0.465 e. The highest BCUT2D eigenvalue weighted by Crippen LogP contribution is 2.29. The van der Waals surface area contributed by atoms with Gasteiger partial charge in [0.15, 0.2) is 0 Å². The fourth-order valence-corrected chi connectivity index (χ4v) is 5.18. The SMILES string of the molecule is CCc1c(CC[C@@H]2CCCN2C(=O)C2CCCN2C(=O)O)[nH]c2cc(C#N)ccc12. The Kier molecular flexibility index (Phi) is 5.67. The van der Waals surface area contributed by atoms with Crippen molar-refractivity contribution < 1.29 is 14.7 Å². The van der Waals surface area contributed by atoms with Crippen LogP contribution in [-0.2, 0) is 17.6 Å². The van der Waals surface area contributed by atoms with Crippen molar-refractivity contribution in [3.8, 4) is 6.07 Å². The zero-order chi connectivity index (χ0) is 21.3. The zero-order valence-corrected chi connectivity index (χ0v) is 17.4. The second kappa shape index (κ2) is 8.39. The third-order valence-corrected chi connectivity index (χ3v) is 6.65. The van der Waals surface area contributed by atoms with Crippen molar-refractivity contribution in [3.63, 3.8) is 0 Å². The molecule has 0 spiro atoms. The first kappa shape index (κ1) is 20.3. The summed E-state index contributed by atoms with van der Waals surface area (Å²) in [5.41, 5.74) is 4.08. The lowest BCUT2D eigenvalue weighted by molar-refractivity contribution is -0.136. The van der Waals surface area contributed by atoms with E-state index in [0.29, 0.717) is 25.1 Å². The molecule has 7 nitrogen and oxygen atoms in total. The van der Waals surface area contributed by atoms with Gasteiger partial charge in [0.05, 0.1) is 11.6 Å². The number of hydrogen-bond donors (Lipinski definition) is 2. The summed E-state index contributed by atoms with van der Waals surface area (Å²) in [6, 6.07) is 7.58. The van der Waals surface area contributed by atoms with E-state index in [1.807, 2.05) is 23.1 Å². The fraction of sp³-hybridized carbons (Fsp3) is 0.522. The van der Waals surface area contributed by atoms with Crippen LogP contribution in [-0.4, -0.2) is 57.1 Å². The number of nitrogens with zero attached hydrogens (tertiary/aromatic N) is 3. The Morgan fingerprint density at radius 3 is 2.73 bits per heavy atom. The van der Waals surface area contributed by atoms with Crippen molar-refractivity contribution in [3.05, 3.63) is 35.0 Å². The molecule has 1 aromatic heterocycles. The Hall–Kier alpha value is -3.01. The molecule has 2 aliphatic heterocycles. The number of nitriles is 1. The lowest BCUT2D eigenvalue weighted by Crippen LogP contribution is -2.49. The number of fused-ring (bicyclic) bond motifs is 1. The second-order valence-electron chi connectivity index (χ2n) is 8.31. The van der Waals surface area contributed by atoms with Crippen molar-refractivity contribution in [2.24, 2.45) is 0 Å². The molecule has 2 aromatic rings. The van der Waals surface area contributed by atoms with E-state index < -0.39 is 12.1 Å². The number of carboxylic acid groups (broad SMARTS) is 1. The number of nitrogens with one attached hydrogen (secondary N) is 1. The van der Waals surface area contributed by atoms with Crippen LogP contribution in [0.5, 0.6) is 0 Å². The number of hydrogen-bond acceptors (Lipinski definition) is 3. The van der Waals surface area contributed by atoms with Crippen molar-refractivity contribution >= 4 is 22.9 Å². The lowest BCUT2D eigenvalue weighted by Gasteiger charge is -2.30. The third kappa shape index (κ3) is 3.62. The Bertz CT molecular complexity index is 1010. The summed E-state index contributed by atoms with van der Waals surface area (Å²) in [6.45, 7) is 3.30. The van der Waals surface area contributed by atoms with Gasteiger partial charge in [0.25, 0.3) is 0 Å². The number of benzene rings is 1. The van der Waals surface area contributed by atoms with Crippen molar-refractivity contribution in [2.75, 3.05) is 13.1 Å². The molecule has 0 bridgehead atoms. The molecular formula is C23H28N4O3. The smallest absolute Gasteiger partial charge is 0.407 e. The molecule has 158 valence electrons. The molecule has 3 heterocycles. The lowest BCUT2D eigenvalue weighted by atomic mass is 10.0. The van der Waals surface area contributed by atoms with Gasteiger partial charge in [-0.1, -0.05) is 13.0 Å². The summed E-state index contributed by atoms with van der Waals surface area (Å²) in [6.07, 6.45) is 4.91. The molecular weight excluding hydrogens is 380 g/mol. The highest BCUT2D eigenvalue weighted by molar-refractivity contribution is 5.87. The average molecular weight is 409 g/mol. The van der Waals surface area contributed by atoms with Crippen LogP contribution >= 0.6 is 0 Å². The second-order valence-corrected chi connectivity index (χ2v) is 8.31. The van der Waals surface area contributed by atoms with Gasteiger partial charge in [-0.15, -0.1) is 0 Å². The molecule has 0 saturated carbocycles. The normalized spacial score (nSPS) is 21.3. The van der Waals surface area contributed by atoms with Crippen LogP contribution in [0.15, 0.2) is 18.2 Å². The van der Waals surface area contributed by atoms with Crippen molar-refractivity contribution in [1.29, 1.82) is 5.26 Å². The first-order chi connectivity index (χ1) is 14.5. The number of carbonyl (C=O) groups excluding carboxylic acids is 1. The molecule has 2 fully saturated rings. The molecule has 2 amide bonds. The highest BCUT2D eigenvalue weighted by Gasteiger charge is 2.39. The Labute approximate surface area is 176 Å². The predicted octanol–water partition coefficient (Wildman–Crippen LogP) is 3.67. The number of amides is 2. The van der Waals surface area contributed by atoms with Gasteiger partial charge in [0.2, 0.25) is 5.91 Å². The van der Waals surface area contributed by atoms with Gasteiger partial charge in [-0.05, 0) is 62.6 Å². The molecule has 1 aromatic carbocycles. The number of rotatable bonds is 5. The van der Waals surface area contributed by atoms with Gasteiger partial charge in [0, 0.05) is 35.7 Å². The zero-order valence-electron chi connectivity index (χ0n) is 17.4. The summed E-state index contributed by atoms with van der Waals surface area (Å²) in [5, 5.41) is 19.7. The Morgan fingerprint density at radius 2 is 2.00 bits per heavy atom. The molecule has 7 heteroatoms. The molecule has 0 aliphatic carbocycles. The van der Waals surface area contributed by atoms with E-state index in [0.717, 1.165) is 49.4 Å². The summed E-state index contributed by atoms with van der Waals surface area (Å²) in [7, 11) is 0. The van der Waals surface area contributed by atoms with Crippen LogP contribution in [0, 0.1) is 11.3 Å². The van der Waals surface area contributed by atoms with Gasteiger partial charge in [0.1, 0.15) is 6.04 Å². The first-order valence-corrected chi connectivity index (χ1v) is 10.9. The highest BCUT2D eigenvalue weighted by atomic mass is 16.4. The number of likely N-dealkylation sites (tertiary alicyclic amines) is 2. The molecule has 0 radical (unpaired) electrons. The van der Waals surface area contributed by atoms with E-state index >= 15 is 0 Å². The van der Waals surface area contributed by atoms with E-state index in [2.05, 4.69) is 18.0 Å². The topological polar surface area (TPSA) is 100 Å². The average Bonchev–Trinajstić information content (AvgIpc) is 3.48. The van der Waals surface area contributed by atoms with Crippen LogP contribution in [0.1, 0.15) is 55.8 Å². The molecule has 2 N–H and O–H groups in total. The van der Waals surface area contributed by atoms with E-state index in [1.54, 1.807) is 0 Å². The number of aromatic amines is 1. The summed E-state index contributed by atoms with van der Waals surface area (Å²) in [5.74, 6) is -0.0246. The van der Waals surface area contributed by atoms with Gasteiger partial charge in [-0.2, -0.15) is 5.26 Å². The van der Waals surface area contributed by atoms with Gasteiger partial charge in [-0.3, -0.25) is 9.69 Å². The number of H-pyrrole nitrogens is 1. The fourth-order valence-electron chi connectivity index (χ4n) is 5.18. The number of aryl methyl sites for hydroxylation is 2. The molecule has 30 heavy (non-hydrogen) atoms. The maximum Gasteiger partial charge on any atom is 0.407 e. The Balaban J connectivity index is 1.48. The maximum atomic E-state index is 13.1. The summed E-state index contributed by atoms with van der Waals surface area (Å²) < 4.78 is 0. The van der Waals surface area contributed by atoms with Crippen LogP contribution in [0.2, 0.25) is 0 Å². The number of aromatic nitrogens is 1. The first-order valence-electron chi connectivity index (χ1n) is 10.9. The van der Waals surface area contributed by atoms with Crippen LogP contribution in [0.3, 0.4) is 0 Å². The Morgan fingerprint density at radius 1 is 1.23 bits per heavy atom.